The minimum absolute atomic E-state index is 0.863. The van der Waals surface area contributed by atoms with E-state index in [2.05, 4.69) is 17.3 Å². The van der Waals surface area contributed by atoms with Gasteiger partial charge in [-0.3, -0.25) is 0 Å². The first-order valence-corrected chi connectivity index (χ1v) is 5.96. The zero-order valence-corrected chi connectivity index (χ0v) is 9.95. The van der Waals surface area contributed by atoms with Gasteiger partial charge in [-0.25, -0.2) is 10.8 Å². The van der Waals surface area contributed by atoms with Gasteiger partial charge in [-0.1, -0.05) is 44.4 Å². The normalized spacial score (nSPS) is 11.5. The summed E-state index contributed by atoms with van der Waals surface area (Å²) < 4.78 is 0. The number of amidine groups is 1. The van der Waals surface area contributed by atoms with Crippen molar-refractivity contribution in [3.63, 3.8) is 0 Å². The van der Waals surface area contributed by atoms with E-state index in [1.165, 1.54) is 19.3 Å². The first kappa shape index (κ1) is 12.7. The number of hydrogen-bond donors (Lipinski definition) is 2. The van der Waals surface area contributed by atoms with Crippen molar-refractivity contribution in [1.29, 1.82) is 0 Å². The van der Waals surface area contributed by atoms with Crippen LogP contribution in [0.15, 0.2) is 35.3 Å². The molecular formula is C13H21N3. The predicted octanol–water partition coefficient (Wildman–Crippen LogP) is 3.15. The number of para-hydroxylation sites is 1. The Bertz CT molecular complexity index is 306. The van der Waals surface area contributed by atoms with Crippen molar-refractivity contribution in [3.8, 4) is 0 Å². The number of benzene rings is 1. The highest BCUT2D eigenvalue weighted by atomic mass is 15.2. The van der Waals surface area contributed by atoms with Crippen LogP contribution in [0.25, 0.3) is 0 Å². The Morgan fingerprint density at radius 2 is 1.94 bits per heavy atom. The summed E-state index contributed by atoms with van der Waals surface area (Å²) in [7, 11) is 0. The molecule has 3 nitrogen and oxygen atoms in total. The molecule has 0 aliphatic heterocycles. The lowest BCUT2D eigenvalue weighted by atomic mass is 10.1. The molecule has 0 spiro atoms. The van der Waals surface area contributed by atoms with Crippen molar-refractivity contribution in [2.45, 2.75) is 39.0 Å². The van der Waals surface area contributed by atoms with Gasteiger partial charge in [0.2, 0.25) is 0 Å². The van der Waals surface area contributed by atoms with Gasteiger partial charge in [-0.15, -0.1) is 0 Å². The van der Waals surface area contributed by atoms with Crippen LogP contribution in [0.2, 0.25) is 0 Å². The molecule has 3 heteroatoms. The van der Waals surface area contributed by atoms with Gasteiger partial charge in [-0.2, -0.15) is 0 Å². The van der Waals surface area contributed by atoms with E-state index in [4.69, 9.17) is 5.84 Å². The van der Waals surface area contributed by atoms with Gasteiger partial charge in [0, 0.05) is 6.42 Å². The molecule has 0 bridgehead atoms. The fourth-order valence-corrected chi connectivity index (χ4v) is 1.54. The van der Waals surface area contributed by atoms with Crippen LogP contribution in [0.1, 0.15) is 39.0 Å². The van der Waals surface area contributed by atoms with Crippen molar-refractivity contribution < 1.29 is 0 Å². The van der Waals surface area contributed by atoms with Crippen molar-refractivity contribution in [2.24, 2.45) is 10.8 Å². The van der Waals surface area contributed by atoms with Crippen LogP contribution < -0.4 is 11.3 Å². The number of aliphatic imine (C=N–C) groups is 1. The van der Waals surface area contributed by atoms with E-state index in [0.717, 1.165) is 24.4 Å². The number of hydrogen-bond acceptors (Lipinski definition) is 2. The summed E-state index contributed by atoms with van der Waals surface area (Å²) in [6.07, 6.45) is 5.84. The molecule has 0 atom stereocenters. The lowest BCUT2D eigenvalue weighted by Gasteiger charge is -2.05. The van der Waals surface area contributed by atoms with Gasteiger partial charge in [-0.05, 0) is 18.6 Å². The molecule has 0 radical (unpaired) electrons. The minimum atomic E-state index is 0.863. The van der Waals surface area contributed by atoms with Gasteiger partial charge in [0.15, 0.2) is 0 Å². The van der Waals surface area contributed by atoms with Crippen LogP contribution in [-0.2, 0) is 0 Å². The zero-order valence-electron chi connectivity index (χ0n) is 9.95. The quantitative estimate of drug-likeness (QED) is 0.254. The van der Waals surface area contributed by atoms with Crippen molar-refractivity contribution in [1.82, 2.24) is 5.43 Å². The Labute approximate surface area is 97.7 Å². The van der Waals surface area contributed by atoms with E-state index in [1.54, 1.807) is 0 Å². The van der Waals surface area contributed by atoms with Crippen LogP contribution in [0.5, 0.6) is 0 Å². The standard InChI is InChI=1S/C13H21N3/c1-2-3-4-8-11-13(16-14)15-12-9-6-5-7-10-12/h5-7,9-10H,2-4,8,11,14H2,1H3,(H,15,16). The van der Waals surface area contributed by atoms with E-state index in [0.29, 0.717) is 0 Å². The third kappa shape index (κ3) is 4.94. The summed E-state index contributed by atoms with van der Waals surface area (Å²) in [5.74, 6) is 6.32. The summed E-state index contributed by atoms with van der Waals surface area (Å²) in [6.45, 7) is 2.21. The first-order chi connectivity index (χ1) is 7.86. The molecular weight excluding hydrogens is 198 g/mol. The van der Waals surface area contributed by atoms with Crippen LogP contribution in [-0.4, -0.2) is 5.84 Å². The molecule has 0 saturated heterocycles. The number of nitrogens with one attached hydrogen (secondary N) is 1. The van der Waals surface area contributed by atoms with Crippen LogP contribution in [0.4, 0.5) is 5.69 Å². The summed E-state index contributed by atoms with van der Waals surface area (Å²) in [4.78, 5) is 4.46. The summed E-state index contributed by atoms with van der Waals surface area (Å²) in [6, 6.07) is 9.89. The second-order valence-corrected chi connectivity index (χ2v) is 3.85. The number of rotatable bonds is 6. The Balaban J connectivity index is 2.44. The predicted molar refractivity (Wildman–Crippen MR) is 69.6 cm³/mol. The number of unbranched alkanes of at least 4 members (excludes halogenated alkanes) is 3. The van der Waals surface area contributed by atoms with Gasteiger partial charge in [0.1, 0.15) is 5.84 Å². The molecule has 0 aromatic heterocycles. The molecule has 0 saturated carbocycles. The number of hydrazine groups is 1. The first-order valence-electron chi connectivity index (χ1n) is 5.96. The van der Waals surface area contributed by atoms with Crippen LogP contribution in [0, 0.1) is 0 Å². The average molecular weight is 219 g/mol. The molecule has 1 rings (SSSR count). The van der Waals surface area contributed by atoms with E-state index >= 15 is 0 Å². The maximum atomic E-state index is 5.45. The largest absolute Gasteiger partial charge is 0.312 e. The Morgan fingerprint density at radius 1 is 1.19 bits per heavy atom. The highest BCUT2D eigenvalue weighted by molar-refractivity contribution is 5.84. The molecule has 3 N–H and O–H groups in total. The Kier molecular flexibility index (Phi) is 6.26. The van der Waals surface area contributed by atoms with Crippen LogP contribution >= 0.6 is 0 Å². The van der Waals surface area contributed by atoms with Gasteiger partial charge in [0.05, 0.1) is 5.69 Å². The molecule has 0 unspecified atom stereocenters. The van der Waals surface area contributed by atoms with Gasteiger partial charge >= 0.3 is 0 Å². The number of nitrogens with zero attached hydrogens (tertiary/aromatic N) is 1. The maximum absolute atomic E-state index is 5.45. The molecule has 0 amide bonds. The molecule has 1 aromatic carbocycles. The topological polar surface area (TPSA) is 50.4 Å². The van der Waals surface area contributed by atoms with Gasteiger partial charge < -0.3 is 5.43 Å². The maximum Gasteiger partial charge on any atom is 0.116 e. The molecule has 88 valence electrons. The van der Waals surface area contributed by atoms with Crippen molar-refractivity contribution in [2.75, 3.05) is 0 Å². The summed E-state index contributed by atoms with van der Waals surface area (Å²) in [5, 5.41) is 0. The SMILES string of the molecule is CCCCCCC(=Nc1ccccc1)NN. The number of nitrogens with two attached hydrogens (primary N) is 1. The smallest absolute Gasteiger partial charge is 0.116 e. The Hall–Kier alpha value is -1.35. The third-order valence-corrected chi connectivity index (χ3v) is 2.45. The third-order valence-electron chi connectivity index (χ3n) is 2.45. The molecule has 1 aromatic rings. The van der Waals surface area contributed by atoms with E-state index in [9.17, 15) is 0 Å². The highest BCUT2D eigenvalue weighted by Crippen LogP contribution is 2.11. The lowest BCUT2D eigenvalue weighted by molar-refractivity contribution is 0.677. The second kappa shape index (κ2) is 7.88. The molecule has 0 heterocycles. The summed E-state index contributed by atoms with van der Waals surface area (Å²) >= 11 is 0. The molecule has 0 aliphatic carbocycles. The fourth-order valence-electron chi connectivity index (χ4n) is 1.54. The van der Waals surface area contributed by atoms with Crippen molar-refractivity contribution in [3.05, 3.63) is 30.3 Å². The molecule has 0 fully saturated rings. The van der Waals surface area contributed by atoms with Crippen LogP contribution in [0.3, 0.4) is 0 Å². The average Bonchev–Trinajstić information content (AvgIpc) is 2.34. The second-order valence-electron chi connectivity index (χ2n) is 3.85. The molecule has 16 heavy (non-hydrogen) atoms. The highest BCUT2D eigenvalue weighted by Gasteiger charge is 1.97. The van der Waals surface area contributed by atoms with E-state index < -0.39 is 0 Å². The minimum Gasteiger partial charge on any atom is -0.312 e. The van der Waals surface area contributed by atoms with Crippen molar-refractivity contribution >= 4 is 11.5 Å². The fraction of sp³-hybridized carbons (Fsp3) is 0.462. The lowest BCUT2D eigenvalue weighted by Crippen LogP contribution is -2.29. The van der Waals surface area contributed by atoms with E-state index in [-0.39, 0.29) is 0 Å². The van der Waals surface area contributed by atoms with E-state index in [1.807, 2.05) is 30.3 Å². The van der Waals surface area contributed by atoms with Gasteiger partial charge in [0.25, 0.3) is 0 Å². The summed E-state index contributed by atoms with van der Waals surface area (Å²) in [5.41, 5.74) is 3.63. The zero-order chi connectivity index (χ0) is 11.6. The Morgan fingerprint density at radius 3 is 2.56 bits per heavy atom. The molecule has 0 aliphatic rings. The monoisotopic (exact) mass is 219 g/mol.